The van der Waals surface area contributed by atoms with Gasteiger partial charge in [-0.15, -0.1) is 11.3 Å². The lowest BCUT2D eigenvalue weighted by molar-refractivity contribution is 0.0713. The minimum atomic E-state index is -0.138. The number of carbonyl (C=O) groups excluding carboxylic acids is 2. The average molecular weight is 359 g/mol. The van der Waals surface area contributed by atoms with Crippen LogP contribution in [0.2, 0.25) is 0 Å². The zero-order valence-corrected chi connectivity index (χ0v) is 15.0. The third-order valence-corrected chi connectivity index (χ3v) is 5.00. The number of aryl methyl sites for hydroxylation is 1. The molecule has 0 aliphatic carbocycles. The molecule has 25 heavy (non-hydrogen) atoms. The van der Waals surface area contributed by atoms with Crippen molar-refractivity contribution in [3.05, 3.63) is 40.4 Å². The molecule has 8 heteroatoms. The smallest absolute Gasteiger partial charge is 0.274 e. The topological polar surface area (TPSA) is 79.3 Å². The van der Waals surface area contributed by atoms with Gasteiger partial charge in [0.2, 0.25) is 0 Å². The van der Waals surface area contributed by atoms with Gasteiger partial charge in [-0.05, 0) is 19.3 Å². The van der Waals surface area contributed by atoms with E-state index < -0.39 is 0 Å². The number of thiazole rings is 1. The maximum absolute atomic E-state index is 12.7. The molecule has 1 aliphatic heterocycles. The number of hydrogen-bond donors (Lipinski definition) is 0. The molecule has 0 aromatic carbocycles. The Morgan fingerprint density at radius 1 is 1.08 bits per heavy atom. The monoisotopic (exact) mass is 359 g/mol. The van der Waals surface area contributed by atoms with E-state index in [4.69, 9.17) is 0 Å². The normalized spacial score (nSPS) is 15.1. The second-order valence-electron chi connectivity index (χ2n) is 5.91. The van der Waals surface area contributed by atoms with Gasteiger partial charge in [0, 0.05) is 44.0 Å². The molecule has 132 valence electrons. The van der Waals surface area contributed by atoms with Crippen molar-refractivity contribution in [2.45, 2.75) is 26.2 Å². The Hall–Kier alpha value is -2.35. The Morgan fingerprint density at radius 2 is 1.80 bits per heavy atom. The summed E-state index contributed by atoms with van der Waals surface area (Å²) in [6.45, 7) is 4.33. The molecule has 0 saturated carbocycles. The van der Waals surface area contributed by atoms with E-state index in [0.29, 0.717) is 37.6 Å². The number of aromatic nitrogens is 3. The lowest BCUT2D eigenvalue weighted by Crippen LogP contribution is -2.37. The SMILES string of the molecule is CCCc1nc(C(=O)N2CCCN(C(=O)c3cnccn3)CC2)cs1. The van der Waals surface area contributed by atoms with Crippen LogP contribution in [-0.2, 0) is 6.42 Å². The van der Waals surface area contributed by atoms with Crippen LogP contribution in [0, 0.1) is 0 Å². The predicted octanol–water partition coefficient (Wildman–Crippen LogP) is 1.87. The Labute approximate surface area is 150 Å². The number of nitrogens with zero attached hydrogens (tertiary/aromatic N) is 5. The fourth-order valence-corrected chi connectivity index (χ4v) is 3.67. The minimum absolute atomic E-state index is 0.0487. The first kappa shape index (κ1) is 17.5. The highest BCUT2D eigenvalue weighted by molar-refractivity contribution is 7.09. The molecule has 2 amide bonds. The summed E-state index contributed by atoms with van der Waals surface area (Å²) in [6.07, 6.45) is 7.18. The van der Waals surface area contributed by atoms with Crippen LogP contribution in [-0.4, -0.2) is 62.7 Å². The highest BCUT2D eigenvalue weighted by atomic mass is 32.1. The second kappa shape index (κ2) is 8.15. The van der Waals surface area contributed by atoms with Gasteiger partial charge < -0.3 is 9.80 Å². The van der Waals surface area contributed by atoms with Crippen LogP contribution in [0.25, 0.3) is 0 Å². The van der Waals surface area contributed by atoms with E-state index in [0.717, 1.165) is 24.3 Å². The summed E-state index contributed by atoms with van der Waals surface area (Å²) in [5, 5.41) is 2.83. The second-order valence-corrected chi connectivity index (χ2v) is 6.85. The van der Waals surface area contributed by atoms with Gasteiger partial charge in [-0.1, -0.05) is 6.92 Å². The van der Waals surface area contributed by atoms with Gasteiger partial charge in [-0.3, -0.25) is 14.6 Å². The van der Waals surface area contributed by atoms with E-state index in [2.05, 4.69) is 21.9 Å². The molecule has 1 aliphatic rings. The van der Waals surface area contributed by atoms with Gasteiger partial charge >= 0.3 is 0 Å². The molecule has 0 radical (unpaired) electrons. The third-order valence-electron chi connectivity index (χ3n) is 4.09. The van der Waals surface area contributed by atoms with Crippen LogP contribution in [0.4, 0.5) is 0 Å². The molecule has 7 nitrogen and oxygen atoms in total. The van der Waals surface area contributed by atoms with Crippen molar-refractivity contribution in [2.75, 3.05) is 26.2 Å². The Bertz CT molecular complexity index is 734. The van der Waals surface area contributed by atoms with Crippen LogP contribution in [0.15, 0.2) is 24.0 Å². The van der Waals surface area contributed by atoms with Crippen molar-refractivity contribution in [1.29, 1.82) is 0 Å². The Balaban J connectivity index is 1.62. The summed E-state index contributed by atoms with van der Waals surface area (Å²) in [4.78, 5) is 41.1. The molecule has 2 aromatic heterocycles. The maximum atomic E-state index is 12.7. The van der Waals surface area contributed by atoms with Crippen molar-refractivity contribution < 1.29 is 9.59 Å². The first-order valence-corrected chi connectivity index (χ1v) is 9.36. The fraction of sp³-hybridized carbons (Fsp3) is 0.471. The van der Waals surface area contributed by atoms with Crippen LogP contribution < -0.4 is 0 Å². The standard InChI is InChI=1S/C17H21N5O2S/c1-2-4-15-20-14(12-25-15)17(24)22-8-3-7-21(9-10-22)16(23)13-11-18-5-6-19-13/h5-6,11-12H,2-4,7-10H2,1H3. The van der Waals surface area contributed by atoms with Crippen LogP contribution in [0.3, 0.4) is 0 Å². The van der Waals surface area contributed by atoms with Crippen molar-refractivity contribution in [2.24, 2.45) is 0 Å². The van der Waals surface area contributed by atoms with Gasteiger partial charge in [0.25, 0.3) is 11.8 Å². The molecule has 0 bridgehead atoms. The molecule has 0 unspecified atom stereocenters. The van der Waals surface area contributed by atoms with Crippen molar-refractivity contribution in [3.8, 4) is 0 Å². The summed E-state index contributed by atoms with van der Waals surface area (Å²) >= 11 is 1.54. The minimum Gasteiger partial charge on any atom is -0.335 e. The van der Waals surface area contributed by atoms with E-state index in [1.54, 1.807) is 16.0 Å². The Morgan fingerprint density at radius 3 is 2.44 bits per heavy atom. The predicted molar refractivity (Wildman–Crippen MR) is 94.6 cm³/mol. The maximum Gasteiger partial charge on any atom is 0.274 e. The van der Waals surface area contributed by atoms with Gasteiger partial charge in [0.1, 0.15) is 11.4 Å². The van der Waals surface area contributed by atoms with E-state index in [1.165, 1.54) is 23.7 Å². The lowest BCUT2D eigenvalue weighted by Gasteiger charge is -2.21. The summed E-state index contributed by atoms with van der Waals surface area (Å²) in [6, 6.07) is 0. The summed E-state index contributed by atoms with van der Waals surface area (Å²) in [5.41, 5.74) is 0.855. The molecule has 1 fully saturated rings. The zero-order chi connectivity index (χ0) is 17.6. The van der Waals surface area contributed by atoms with Gasteiger partial charge in [-0.2, -0.15) is 0 Å². The highest BCUT2D eigenvalue weighted by Gasteiger charge is 2.25. The summed E-state index contributed by atoms with van der Waals surface area (Å²) in [5.74, 6) is -0.186. The number of carbonyl (C=O) groups is 2. The van der Waals surface area contributed by atoms with Gasteiger partial charge in [0.05, 0.1) is 11.2 Å². The van der Waals surface area contributed by atoms with E-state index in [9.17, 15) is 9.59 Å². The molecule has 0 atom stereocenters. The fourth-order valence-electron chi connectivity index (χ4n) is 2.79. The van der Waals surface area contributed by atoms with Crippen LogP contribution in [0.1, 0.15) is 45.7 Å². The van der Waals surface area contributed by atoms with Gasteiger partial charge in [0.15, 0.2) is 0 Å². The van der Waals surface area contributed by atoms with E-state index in [-0.39, 0.29) is 11.8 Å². The summed E-state index contributed by atoms with van der Waals surface area (Å²) < 4.78 is 0. The van der Waals surface area contributed by atoms with E-state index >= 15 is 0 Å². The molecular weight excluding hydrogens is 338 g/mol. The average Bonchev–Trinajstić information content (AvgIpc) is 2.97. The molecule has 3 rings (SSSR count). The van der Waals surface area contributed by atoms with Crippen molar-refractivity contribution in [1.82, 2.24) is 24.8 Å². The molecule has 2 aromatic rings. The lowest BCUT2D eigenvalue weighted by atomic mass is 10.3. The largest absolute Gasteiger partial charge is 0.335 e. The van der Waals surface area contributed by atoms with Gasteiger partial charge in [-0.25, -0.2) is 9.97 Å². The number of rotatable bonds is 4. The van der Waals surface area contributed by atoms with Crippen LogP contribution in [0.5, 0.6) is 0 Å². The van der Waals surface area contributed by atoms with E-state index in [1.807, 2.05) is 5.38 Å². The van der Waals surface area contributed by atoms with Crippen molar-refractivity contribution in [3.63, 3.8) is 0 Å². The third kappa shape index (κ3) is 4.19. The molecule has 0 N–H and O–H groups in total. The molecule has 0 spiro atoms. The summed E-state index contributed by atoms with van der Waals surface area (Å²) in [7, 11) is 0. The Kier molecular flexibility index (Phi) is 5.70. The number of amides is 2. The van der Waals surface area contributed by atoms with Crippen LogP contribution >= 0.6 is 11.3 Å². The molecular formula is C17H21N5O2S. The molecule has 1 saturated heterocycles. The zero-order valence-electron chi connectivity index (χ0n) is 14.2. The first-order valence-electron chi connectivity index (χ1n) is 8.48. The quantitative estimate of drug-likeness (QED) is 0.833. The highest BCUT2D eigenvalue weighted by Crippen LogP contribution is 2.15. The first-order chi connectivity index (χ1) is 12.2. The van der Waals surface area contributed by atoms with Crippen molar-refractivity contribution >= 4 is 23.2 Å². The number of hydrogen-bond acceptors (Lipinski definition) is 6. The molecule has 3 heterocycles.